The molecule has 0 saturated heterocycles. The van der Waals surface area contributed by atoms with E-state index in [1.54, 1.807) is 12.1 Å². The van der Waals surface area contributed by atoms with Gasteiger partial charge in [0.2, 0.25) is 10.0 Å². The summed E-state index contributed by atoms with van der Waals surface area (Å²) in [5.74, 6) is 0. The lowest BCUT2D eigenvalue weighted by atomic mass is 10.1. The Morgan fingerprint density at radius 2 is 1.84 bits per heavy atom. The van der Waals surface area contributed by atoms with Crippen molar-refractivity contribution in [1.82, 2.24) is 4.31 Å². The minimum atomic E-state index is -3.52. The highest BCUT2D eigenvalue weighted by molar-refractivity contribution is 9.11. The third-order valence-electron chi connectivity index (χ3n) is 3.02. The van der Waals surface area contributed by atoms with E-state index in [1.165, 1.54) is 9.88 Å². The van der Waals surface area contributed by atoms with Gasteiger partial charge in [0, 0.05) is 27.7 Å². The number of halogens is 2. The lowest BCUT2D eigenvalue weighted by molar-refractivity contribution is 0.431. The van der Waals surface area contributed by atoms with Gasteiger partial charge in [-0.2, -0.15) is 4.31 Å². The first kappa shape index (κ1) is 15.0. The Hall–Kier alpha value is -0.370. The second-order valence-corrected chi connectivity index (χ2v) is 8.06. The minimum absolute atomic E-state index is 0.231. The first-order valence-corrected chi connectivity index (χ1v) is 8.75. The number of nitrogens with zero attached hydrogens (tertiary/aromatic N) is 1. The Balaban J connectivity index is 2.46. The summed E-state index contributed by atoms with van der Waals surface area (Å²) in [4.78, 5) is 0.231. The summed E-state index contributed by atoms with van der Waals surface area (Å²) >= 11 is 6.56. The maximum atomic E-state index is 12.6. The molecule has 0 saturated carbocycles. The van der Waals surface area contributed by atoms with Gasteiger partial charge in [0.15, 0.2) is 0 Å². The van der Waals surface area contributed by atoms with Gasteiger partial charge in [-0.3, -0.25) is 0 Å². The van der Waals surface area contributed by atoms with Crippen molar-refractivity contribution in [3.05, 3.63) is 32.7 Å². The molecule has 1 aliphatic rings. The van der Waals surface area contributed by atoms with Crippen molar-refractivity contribution in [2.45, 2.75) is 18.2 Å². The van der Waals surface area contributed by atoms with Crippen molar-refractivity contribution in [3.8, 4) is 0 Å². The maximum Gasteiger partial charge on any atom is 0.245 e. The lowest BCUT2D eigenvalue weighted by Gasteiger charge is -2.25. The quantitative estimate of drug-likeness (QED) is 0.602. The van der Waals surface area contributed by atoms with Gasteiger partial charge in [0.25, 0.3) is 0 Å². The third kappa shape index (κ3) is 3.04. The van der Waals surface area contributed by atoms with Crippen molar-refractivity contribution in [1.29, 1.82) is 0 Å². The molecule has 1 aromatic carbocycles. The average molecular weight is 410 g/mol. The van der Waals surface area contributed by atoms with Crippen LogP contribution in [0.15, 0.2) is 37.6 Å². The molecule has 19 heavy (non-hydrogen) atoms. The molecular weight excluding hydrogens is 396 g/mol. The van der Waals surface area contributed by atoms with Crippen LogP contribution in [0.4, 0.5) is 5.69 Å². The number of sulfonamides is 1. The summed E-state index contributed by atoms with van der Waals surface area (Å²) in [6, 6.07) is 3.20. The van der Waals surface area contributed by atoms with Crippen LogP contribution in [0.1, 0.15) is 13.3 Å². The van der Waals surface area contributed by atoms with E-state index in [2.05, 4.69) is 31.9 Å². The smallest absolute Gasteiger partial charge is 0.245 e. The van der Waals surface area contributed by atoms with Gasteiger partial charge in [0.05, 0.1) is 0 Å². The Labute approximate surface area is 130 Å². The highest BCUT2D eigenvalue weighted by Gasteiger charge is 2.29. The molecule has 2 N–H and O–H groups in total. The first-order valence-electron chi connectivity index (χ1n) is 5.72. The molecule has 1 heterocycles. The van der Waals surface area contributed by atoms with Gasteiger partial charge in [0.1, 0.15) is 4.90 Å². The SMILES string of the molecule is CC1=CCN(S(=O)(=O)c2c(Br)cc(N)cc2Br)CC1. The highest BCUT2D eigenvalue weighted by atomic mass is 79.9. The molecule has 2 rings (SSSR count). The topological polar surface area (TPSA) is 63.4 Å². The number of hydrogen-bond acceptors (Lipinski definition) is 3. The number of benzene rings is 1. The van der Waals surface area contributed by atoms with Gasteiger partial charge < -0.3 is 5.73 Å². The van der Waals surface area contributed by atoms with Crippen molar-refractivity contribution < 1.29 is 8.42 Å². The molecule has 0 atom stereocenters. The fourth-order valence-corrected chi connectivity index (χ4v) is 5.85. The molecule has 0 unspecified atom stereocenters. The molecule has 0 bridgehead atoms. The van der Waals surface area contributed by atoms with Gasteiger partial charge >= 0.3 is 0 Å². The van der Waals surface area contributed by atoms with Crippen LogP contribution in [0, 0.1) is 0 Å². The fourth-order valence-electron chi connectivity index (χ4n) is 1.93. The van der Waals surface area contributed by atoms with E-state index >= 15 is 0 Å². The Morgan fingerprint density at radius 1 is 1.26 bits per heavy atom. The molecule has 1 aliphatic heterocycles. The minimum Gasteiger partial charge on any atom is -0.399 e. The summed E-state index contributed by atoms with van der Waals surface area (Å²) in [6.07, 6.45) is 2.71. The predicted octanol–water partition coefficient (Wildman–Crippen LogP) is 3.13. The first-order chi connectivity index (χ1) is 8.82. The summed E-state index contributed by atoms with van der Waals surface area (Å²) in [5.41, 5.74) is 7.42. The Morgan fingerprint density at radius 3 is 2.32 bits per heavy atom. The second kappa shape index (κ2) is 5.55. The number of rotatable bonds is 2. The van der Waals surface area contributed by atoms with Crippen LogP contribution >= 0.6 is 31.9 Å². The molecule has 7 heteroatoms. The van der Waals surface area contributed by atoms with Crippen molar-refractivity contribution in [2.24, 2.45) is 0 Å². The predicted molar refractivity (Wildman–Crippen MR) is 83.4 cm³/mol. The highest BCUT2D eigenvalue weighted by Crippen LogP contribution is 2.35. The lowest BCUT2D eigenvalue weighted by Crippen LogP contribution is -2.35. The largest absolute Gasteiger partial charge is 0.399 e. The number of nitrogen functional groups attached to an aromatic ring is 1. The van der Waals surface area contributed by atoms with E-state index in [1.807, 2.05) is 13.0 Å². The average Bonchev–Trinajstić information content (AvgIpc) is 2.27. The monoisotopic (exact) mass is 408 g/mol. The summed E-state index contributed by atoms with van der Waals surface area (Å²) in [5, 5.41) is 0. The van der Waals surface area contributed by atoms with Crippen LogP contribution < -0.4 is 5.73 Å². The van der Waals surface area contributed by atoms with Gasteiger partial charge in [-0.25, -0.2) is 8.42 Å². The van der Waals surface area contributed by atoms with E-state index in [-0.39, 0.29) is 4.90 Å². The molecule has 104 valence electrons. The third-order valence-corrected chi connectivity index (χ3v) is 6.76. The van der Waals surface area contributed by atoms with Crippen LogP contribution in [-0.4, -0.2) is 25.8 Å². The van der Waals surface area contributed by atoms with Crippen molar-refractivity contribution in [2.75, 3.05) is 18.8 Å². The molecule has 1 aromatic rings. The summed E-state index contributed by atoms with van der Waals surface area (Å²) < 4.78 is 27.7. The number of anilines is 1. The Kier molecular flexibility index (Phi) is 4.39. The Bertz CT molecular complexity index is 618. The van der Waals surface area contributed by atoms with Crippen LogP contribution in [0.2, 0.25) is 0 Å². The van der Waals surface area contributed by atoms with E-state index in [0.29, 0.717) is 27.7 Å². The fraction of sp³-hybridized carbons (Fsp3) is 0.333. The van der Waals surface area contributed by atoms with Gasteiger partial charge in [-0.15, -0.1) is 0 Å². The van der Waals surface area contributed by atoms with Gasteiger partial charge in [-0.05, 0) is 57.3 Å². The summed E-state index contributed by atoms with van der Waals surface area (Å²) in [7, 11) is -3.52. The van der Waals surface area contributed by atoms with E-state index in [4.69, 9.17) is 5.73 Å². The second-order valence-electron chi connectivity index (χ2n) is 4.48. The normalized spacial score (nSPS) is 17.3. The molecule has 0 fully saturated rings. The zero-order valence-corrected chi connectivity index (χ0v) is 14.3. The zero-order chi connectivity index (χ0) is 14.2. The van der Waals surface area contributed by atoms with Crippen molar-refractivity contribution >= 4 is 47.6 Å². The molecular formula is C12H14Br2N2O2S. The number of hydrogen-bond donors (Lipinski definition) is 1. The maximum absolute atomic E-state index is 12.6. The molecule has 4 nitrogen and oxygen atoms in total. The van der Waals surface area contributed by atoms with Crippen LogP contribution in [0.5, 0.6) is 0 Å². The van der Waals surface area contributed by atoms with Crippen LogP contribution in [0.3, 0.4) is 0 Å². The van der Waals surface area contributed by atoms with Crippen LogP contribution in [0.25, 0.3) is 0 Å². The van der Waals surface area contributed by atoms with E-state index in [9.17, 15) is 8.42 Å². The standard InChI is InChI=1S/C12H14Br2N2O2S/c1-8-2-4-16(5-3-8)19(17,18)12-10(13)6-9(15)7-11(12)14/h2,6-7H,3-5,15H2,1H3. The summed E-state index contributed by atoms with van der Waals surface area (Å²) in [6.45, 7) is 2.93. The number of nitrogens with two attached hydrogens (primary N) is 1. The molecule has 0 radical (unpaired) electrons. The van der Waals surface area contributed by atoms with Crippen molar-refractivity contribution in [3.63, 3.8) is 0 Å². The van der Waals surface area contributed by atoms with E-state index in [0.717, 1.165) is 6.42 Å². The van der Waals surface area contributed by atoms with Gasteiger partial charge in [-0.1, -0.05) is 11.6 Å². The van der Waals surface area contributed by atoms with Crippen LogP contribution in [-0.2, 0) is 10.0 Å². The zero-order valence-electron chi connectivity index (χ0n) is 10.4. The molecule has 0 amide bonds. The molecule has 0 aliphatic carbocycles. The molecule has 0 spiro atoms. The van der Waals surface area contributed by atoms with E-state index < -0.39 is 10.0 Å². The molecule has 0 aromatic heterocycles.